The molecule has 0 saturated heterocycles. The molecule has 0 fully saturated rings. The third-order valence-electron chi connectivity index (χ3n) is 11.8. The molecule has 0 aliphatic carbocycles. The molecule has 28 heteroatoms. The Hall–Kier alpha value is -6.74. The van der Waals surface area contributed by atoms with Gasteiger partial charge in [-0.2, -0.15) is 132 Å². The molecule has 416 valence electrons. The Morgan fingerprint density at radius 1 is 0.359 bits per heavy atom. The number of rotatable bonds is 8. The predicted octanol–water partition coefficient (Wildman–Crippen LogP) is 15.0. The molecular weight excluding hydrogens is 1180 g/mol. The van der Waals surface area contributed by atoms with Crippen LogP contribution in [0.15, 0.2) is 150 Å². The minimum Gasteiger partial charge on any atom is -0.248 e. The summed E-state index contributed by atoms with van der Waals surface area (Å²) in [5.41, 5.74) is -26.6. The van der Waals surface area contributed by atoms with E-state index in [9.17, 15) is 105 Å². The molecule has 78 heavy (non-hydrogen) atoms. The molecule has 0 N–H and O–H groups in total. The Balaban J connectivity index is 0.000000387. The van der Waals surface area contributed by atoms with E-state index in [4.69, 9.17) is 0 Å². The Morgan fingerprint density at radius 3 is 0.910 bits per heavy atom. The summed E-state index contributed by atoms with van der Waals surface area (Å²) in [5.74, 6) is 0. The fraction of sp³-hybridized carbons (Fsp3) is 0.200. The molecule has 2 nitrogen and oxygen atoms in total. The summed E-state index contributed by atoms with van der Waals surface area (Å²) in [7, 11) is 0. The zero-order chi connectivity index (χ0) is 58.4. The second-order valence-electron chi connectivity index (χ2n) is 17.2. The van der Waals surface area contributed by atoms with Gasteiger partial charge in [0.05, 0.1) is 50.7 Å². The van der Waals surface area contributed by atoms with Gasteiger partial charge in [-0.3, -0.25) is 0 Å². The lowest BCUT2D eigenvalue weighted by atomic mass is 9.12. The van der Waals surface area contributed by atoms with Gasteiger partial charge < -0.3 is 0 Å². The van der Waals surface area contributed by atoms with Gasteiger partial charge >= 0.3 is 49.4 Å². The number of hydrogen-bond donors (Lipinski definition) is 0. The van der Waals surface area contributed by atoms with Gasteiger partial charge in [-0.05, 0) is 42.0 Å². The fourth-order valence-corrected chi connectivity index (χ4v) is 8.61. The quantitative estimate of drug-likeness (QED) is 0.0842. The van der Waals surface area contributed by atoms with Crippen LogP contribution in [0.5, 0.6) is 0 Å². The second kappa shape index (κ2) is 21.5. The minimum atomic E-state index is -6.13. The molecule has 6 aromatic carbocycles. The summed E-state index contributed by atoms with van der Waals surface area (Å²) in [5, 5.41) is 0. The first-order valence-corrected chi connectivity index (χ1v) is 22.3. The van der Waals surface area contributed by atoms with E-state index in [1.54, 1.807) is 0 Å². The van der Waals surface area contributed by atoms with Crippen LogP contribution in [0.2, 0.25) is 0 Å². The third-order valence-corrected chi connectivity index (χ3v) is 12.3. The summed E-state index contributed by atoms with van der Waals surface area (Å²) in [6, 6.07) is 10.0. The topological polar surface area (TPSA) is 16.8 Å². The Bertz CT molecular complexity index is 2800. The molecule has 1 heterocycles. The minimum absolute atomic E-state index is 0.691. The molecule has 7 rings (SSSR count). The van der Waals surface area contributed by atoms with E-state index in [2.05, 4.69) is 80.2 Å². The molecule has 0 saturated carbocycles. The molecule has 0 amide bonds. The molecule has 0 radical (unpaired) electrons. The van der Waals surface area contributed by atoms with Gasteiger partial charge in [0, 0.05) is 16.5 Å². The zero-order valence-electron chi connectivity index (χ0n) is 38.2. The van der Waals surface area contributed by atoms with Crippen molar-refractivity contribution < 1.29 is 110 Å². The first kappa shape index (κ1) is 60.5. The van der Waals surface area contributed by atoms with Crippen molar-refractivity contribution in [2.75, 3.05) is 0 Å². The predicted molar refractivity (Wildman–Crippen MR) is 237 cm³/mol. The summed E-state index contributed by atoms with van der Waals surface area (Å²) in [6.45, 7) is 0.872. The highest BCUT2D eigenvalue weighted by Crippen LogP contribution is 2.41. The summed E-state index contributed by atoms with van der Waals surface area (Å²) < 4.78 is 344. The van der Waals surface area contributed by atoms with E-state index < -0.39 is 195 Å². The second-order valence-corrected chi connectivity index (χ2v) is 18.1. The highest BCUT2D eigenvalue weighted by molar-refractivity contribution is 9.10. The zero-order valence-corrected chi connectivity index (χ0v) is 39.8. The van der Waals surface area contributed by atoms with Gasteiger partial charge in [0.25, 0.3) is 0 Å². The van der Waals surface area contributed by atoms with E-state index in [-0.39, 0.29) is 0 Å². The number of benzene rings is 6. The molecule has 0 unspecified atom stereocenters. The van der Waals surface area contributed by atoms with Gasteiger partial charge in [0.15, 0.2) is 18.9 Å². The fourth-order valence-electron chi connectivity index (χ4n) is 8.35. The maximum Gasteiger partial charge on any atom is 0.416 e. The van der Waals surface area contributed by atoms with Crippen LogP contribution >= 0.6 is 15.9 Å². The van der Waals surface area contributed by atoms with E-state index >= 15 is 0 Å². The monoisotopic (exact) mass is 1200 g/mol. The lowest BCUT2D eigenvalue weighted by Crippen LogP contribution is -2.75. The van der Waals surface area contributed by atoms with Crippen molar-refractivity contribution in [2.45, 2.75) is 62.4 Å². The van der Waals surface area contributed by atoms with E-state index in [1.165, 1.54) is 11.1 Å². The standard InChI is InChI=1S/C32H12BF24.C18H16BrN2/c34-25(35,36)13-1-14(26(37,38)39)6-21(5-13)33(22-7-15(27(40,41)42)2-16(8-22)28(43,44)45,23-9-17(29(46,47)48)3-18(10-23)30(49,50)51)24-11-19(31(52,53)54)4-20(12-24)32(55,56)57;19-17-8-6-15(7-9-17)12-18-14-21(11-10-20-18)13-16-4-2-1-3-5-16/h1-12H;1-11,14H,12-13H2/q-1;+1. The molecule has 0 aliphatic heterocycles. The molecule has 1 aromatic heterocycles. The average molecular weight is 1200 g/mol. The number of alkyl halides is 24. The van der Waals surface area contributed by atoms with Crippen molar-refractivity contribution in [3.05, 3.63) is 212 Å². The largest absolute Gasteiger partial charge is 0.416 e. The van der Waals surface area contributed by atoms with Crippen molar-refractivity contribution in [1.29, 1.82) is 0 Å². The SMILES string of the molecule is Brc1ccc(Cc2c[n+](Cc3ccccc3)ccn2)cc1.FC(F)(F)c1cc([B-](c2cc(C(F)(F)F)cc(C(F)(F)F)c2)(c2cc(C(F)(F)F)cc(C(F)(F)F)c2)c2cc(C(F)(F)F)cc(C(F)(F)F)c2)cc(C(F)(F)F)c1. The molecule has 7 aromatic rings. The number of aromatic nitrogens is 2. The number of halogens is 25. The van der Waals surface area contributed by atoms with E-state index in [0.717, 1.165) is 23.1 Å². The lowest BCUT2D eigenvalue weighted by Gasteiger charge is -2.46. The van der Waals surface area contributed by atoms with Crippen LogP contribution < -0.4 is 26.4 Å². The average Bonchev–Trinajstić information content (AvgIpc) is 3.35. The number of nitrogens with zero attached hydrogens (tertiary/aromatic N) is 2. The van der Waals surface area contributed by atoms with Crippen LogP contribution in [0.4, 0.5) is 105 Å². The third kappa shape index (κ3) is 14.5. The van der Waals surface area contributed by atoms with Gasteiger partial charge in [-0.1, -0.05) is 107 Å². The van der Waals surface area contributed by atoms with Crippen LogP contribution in [0.25, 0.3) is 0 Å². The number of hydrogen-bond acceptors (Lipinski definition) is 1. The summed E-state index contributed by atoms with van der Waals surface area (Å²) >= 11 is 3.46. The van der Waals surface area contributed by atoms with Gasteiger partial charge in [-0.25, -0.2) is 4.98 Å². The lowest BCUT2D eigenvalue weighted by molar-refractivity contribution is -0.689. The highest BCUT2D eigenvalue weighted by atomic mass is 79.9. The van der Waals surface area contributed by atoms with Crippen molar-refractivity contribution >= 4 is 43.9 Å². The Kier molecular flexibility index (Phi) is 16.7. The van der Waals surface area contributed by atoms with Crippen molar-refractivity contribution in [3.63, 3.8) is 0 Å². The van der Waals surface area contributed by atoms with E-state index in [0.29, 0.717) is 0 Å². The highest BCUT2D eigenvalue weighted by Gasteiger charge is 2.47. The molecule has 0 atom stereocenters. The van der Waals surface area contributed by atoms with Gasteiger partial charge in [0.1, 0.15) is 11.8 Å². The maximum absolute atomic E-state index is 14.2. The van der Waals surface area contributed by atoms with Crippen LogP contribution in [0.1, 0.15) is 61.3 Å². The molecule has 0 aliphatic rings. The maximum atomic E-state index is 14.2. The Labute approximate surface area is 432 Å². The Morgan fingerprint density at radius 2 is 0.641 bits per heavy atom. The first-order chi connectivity index (χ1) is 35.6. The summed E-state index contributed by atoms with van der Waals surface area (Å²) in [4.78, 5) is 4.47. The molecule has 0 spiro atoms. The van der Waals surface area contributed by atoms with Crippen molar-refractivity contribution in [3.8, 4) is 0 Å². The smallest absolute Gasteiger partial charge is 0.248 e. The van der Waals surface area contributed by atoms with Gasteiger partial charge in [0.2, 0.25) is 0 Å². The van der Waals surface area contributed by atoms with Crippen molar-refractivity contribution in [2.24, 2.45) is 0 Å². The van der Waals surface area contributed by atoms with Crippen LogP contribution in [0.3, 0.4) is 0 Å². The van der Waals surface area contributed by atoms with E-state index in [1.807, 2.05) is 18.5 Å². The molecular formula is C50H28BBrF24N2. The van der Waals surface area contributed by atoms with Crippen LogP contribution in [-0.4, -0.2) is 11.1 Å². The summed E-state index contributed by atoms with van der Waals surface area (Å²) in [6.07, 6.45) is -48.0. The van der Waals surface area contributed by atoms with Crippen LogP contribution in [-0.2, 0) is 62.4 Å². The van der Waals surface area contributed by atoms with Crippen molar-refractivity contribution in [1.82, 2.24) is 4.98 Å². The first-order valence-electron chi connectivity index (χ1n) is 21.5. The van der Waals surface area contributed by atoms with Gasteiger partial charge in [-0.15, -0.1) is 0 Å². The molecule has 0 bridgehead atoms. The normalized spacial score (nSPS) is 13.3. The van der Waals surface area contributed by atoms with Crippen LogP contribution in [0, 0.1) is 0 Å².